The third-order valence-corrected chi connectivity index (χ3v) is 5.30. The van der Waals surface area contributed by atoms with Crippen molar-refractivity contribution in [3.8, 4) is 0 Å². The molecule has 0 aliphatic heterocycles. The number of halogens is 1. The zero-order valence-electron chi connectivity index (χ0n) is 19.3. The van der Waals surface area contributed by atoms with Gasteiger partial charge in [0.15, 0.2) is 5.69 Å². The summed E-state index contributed by atoms with van der Waals surface area (Å²) in [6, 6.07) is 13.3. The molecule has 0 aliphatic rings. The van der Waals surface area contributed by atoms with Crippen molar-refractivity contribution < 1.29 is 14.4 Å². The van der Waals surface area contributed by atoms with E-state index in [2.05, 4.69) is 36.6 Å². The molecule has 0 fully saturated rings. The summed E-state index contributed by atoms with van der Waals surface area (Å²) in [6.45, 7) is 2.96. The van der Waals surface area contributed by atoms with E-state index in [0.29, 0.717) is 28.5 Å². The first-order valence-corrected chi connectivity index (χ1v) is 11.5. The molecule has 0 spiro atoms. The third-order valence-electron chi connectivity index (χ3n) is 4.97. The molecule has 0 radical (unpaired) electrons. The number of rotatable bonds is 12. The van der Waals surface area contributed by atoms with E-state index >= 15 is 0 Å². The number of hydrogen-bond donors (Lipinski definition) is 6. The highest BCUT2D eigenvalue weighted by molar-refractivity contribution is 6.34. The monoisotopic (exact) mass is 497 g/mol. The lowest BCUT2D eigenvalue weighted by Crippen LogP contribution is -2.31. The second kappa shape index (κ2) is 13.2. The quantitative estimate of drug-likeness (QED) is 0.212. The van der Waals surface area contributed by atoms with Gasteiger partial charge in [-0.15, -0.1) is 0 Å². The molecule has 3 aromatic rings. The molecular weight excluding hydrogens is 470 g/mol. The van der Waals surface area contributed by atoms with E-state index in [1.54, 1.807) is 48.5 Å². The van der Waals surface area contributed by atoms with Gasteiger partial charge < -0.3 is 31.6 Å². The van der Waals surface area contributed by atoms with Gasteiger partial charge in [-0.1, -0.05) is 23.7 Å². The van der Waals surface area contributed by atoms with Gasteiger partial charge in [0.25, 0.3) is 17.7 Å². The van der Waals surface area contributed by atoms with Gasteiger partial charge in [0.2, 0.25) is 0 Å². The van der Waals surface area contributed by atoms with Crippen LogP contribution in [0.3, 0.4) is 0 Å². The maximum atomic E-state index is 12.7. The van der Waals surface area contributed by atoms with Gasteiger partial charge in [-0.2, -0.15) is 0 Å². The van der Waals surface area contributed by atoms with Crippen molar-refractivity contribution in [2.24, 2.45) is 0 Å². The van der Waals surface area contributed by atoms with Crippen LogP contribution in [0.25, 0.3) is 0 Å². The molecule has 35 heavy (non-hydrogen) atoms. The number of nitrogens with zero attached hydrogens (tertiary/aromatic N) is 1. The summed E-state index contributed by atoms with van der Waals surface area (Å²) in [6.07, 6.45) is 2.06. The number of benzene rings is 2. The fourth-order valence-electron chi connectivity index (χ4n) is 3.15. The smallest absolute Gasteiger partial charge is 0.276 e. The van der Waals surface area contributed by atoms with Crippen LogP contribution in [-0.2, 0) is 0 Å². The molecular formula is C24H28ClN7O3. The normalized spacial score (nSPS) is 10.6. The van der Waals surface area contributed by atoms with Crippen LogP contribution in [0.1, 0.15) is 37.8 Å². The van der Waals surface area contributed by atoms with Crippen molar-refractivity contribution in [2.45, 2.75) is 6.42 Å². The summed E-state index contributed by atoms with van der Waals surface area (Å²) < 4.78 is 0. The van der Waals surface area contributed by atoms with Crippen molar-refractivity contribution in [3.05, 3.63) is 76.8 Å². The molecule has 0 unspecified atom stereocenters. The Morgan fingerprint density at radius 1 is 0.857 bits per heavy atom. The highest BCUT2D eigenvalue weighted by atomic mass is 35.5. The molecule has 0 atom stereocenters. The predicted octanol–water partition coefficient (Wildman–Crippen LogP) is 2.50. The fourth-order valence-corrected chi connectivity index (χ4v) is 3.37. The van der Waals surface area contributed by atoms with Gasteiger partial charge in [-0.25, -0.2) is 4.98 Å². The van der Waals surface area contributed by atoms with Crippen LogP contribution < -0.4 is 26.6 Å². The first-order chi connectivity index (χ1) is 17.0. The topological polar surface area (TPSA) is 140 Å². The number of anilines is 2. The molecule has 6 N–H and O–H groups in total. The number of hydrogen-bond acceptors (Lipinski definition) is 6. The summed E-state index contributed by atoms with van der Waals surface area (Å²) >= 11 is 6.06. The minimum Gasteiger partial charge on any atom is -0.351 e. The van der Waals surface area contributed by atoms with Gasteiger partial charge >= 0.3 is 0 Å². The molecule has 0 aliphatic carbocycles. The lowest BCUT2D eigenvalue weighted by atomic mass is 10.2. The predicted molar refractivity (Wildman–Crippen MR) is 136 cm³/mol. The van der Waals surface area contributed by atoms with Crippen molar-refractivity contribution in [1.82, 2.24) is 25.9 Å². The van der Waals surface area contributed by atoms with Gasteiger partial charge in [-0.05, 0) is 56.4 Å². The van der Waals surface area contributed by atoms with Crippen molar-refractivity contribution in [3.63, 3.8) is 0 Å². The van der Waals surface area contributed by atoms with E-state index in [0.717, 1.165) is 26.1 Å². The van der Waals surface area contributed by atoms with Crippen LogP contribution in [0.15, 0.2) is 54.9 Å². The number of aromatic nitrogens is 2. The SMILES string of the molecule is CNCCNCCCNC(=O)c1[nH]cnc1C(=O)Nc1ccc(NC(=O)c2ccccc2Cl)cc1. The summed E-state index contributed by atoms with van der Waals surface area (Å²) in [5.41, 5.74) is 1.46. The van der Waals surface area contributed by atoms with E-state index < -0.39 is 11.8 Å². The zero-order valence-corrected chi connectivity index (χ0v) is 20.0. The number of H-pyrrole nitrogens is 1. The Kier molecular flexibility index (Phi) is 9.79. The second-order valence-electron chi connectivity index (χ2n) is 7.55. The summed E-state index contributed by atoms with van der Waals surface area (Å²) in [5.74, 6) is -1.27. The molecule has 0 saturated carbocycles. The second-order valence-corrected chi connectivity index (χ2v) is 7.96. The lowest BCUT2D eigenvalue weighted by molar-refractivity contribution is 0.0935. The largest absolute Gasteiger partial charge is 0.351 e. The highest BCUT2D eigenvalue weighted by Gasteiger charge is 2.20. The highest BCUT2D eigenvalue weighted by Crippen LogP contribution is 2.19. The van der Waals surface area contributed by atoms with Gasteiger partial charge in [0.1, 0.15) is 5.69 Å². The van der Waals surface area contributed by atoms with Gasteiger partial charge in [0.05, 0.1) is 16.9 Å². The summed E-state index contributed by atoms with van der Waals surface area (Å²) in [4.78, 5) is 44.3. The number of nitrogens with one attached hydrogen (secondary N) is 6. The van der Waals surface area contributed by atoms with E-state index in [1.165, 1.54) is 6.33 Å². The molecule has 184 valence electrons. The van der Waals surface area contributed by atoms with Crippen molar-refractivity contribution in [1.29, 1.82) is 0 Å². The number of carbonyl (C=O) groups is 3. The van der Waals surface area contributed by atoms with E-state index in [-0.39, 0.29) is 17.3 Å². The minimum absolute atomic E-state index is 0.00857. The summed E-state index contributed by atoms with van der Waals surface area (Å²) in [5, 5.41) is 14.9. The number of amides is 3. The number of aromatic amines is 1. The maximum Gasteiger partial charge on any atom is 0.276 e. The Morgan fingerprint density at radius 3 is 2.23 bits per heavy atom. The molecule has 3 rings (SSSR count). The fraction of sp³-hybridized carbons (Fsp3) is 0.250. The van der Waals surface area contributed by atoms with Crippen LogP contribution in [0, 0.1) is 0 Å². The Hall–Kier alpha value is -3.73. The Labute approximate surface area is 208 Å². The van der Waals surface area contributed by atoms with Crippen LogP contribution in [0.4, 0.5) is 11.4 Å². The molecule has 10 nitrogen and oxygen atoms in total. The third kappa shape index (κ3) is 7.64. The molecule has 1 heterocycles. The molecule has 11 heteroatoms. The molecule has 3 amide bonds. The lowest BCUT2D eigenvalue weighted by Gasteiger charge is -2.09. The average molecular weight is 498 g/mol. The number of likely N-dealkylation sites (N-methyl/N-ethyl adjacent to an activating group) is 1. The van der Waals surface area contributed by atoms with E-state index in [4.69, 9.17) is 11.6 Å². The first kappa shape index (κ1) is 25.9. The van der Waals surface area contributed by atoms with Crippen LogP contribution in [-0.4, -0.2) is 60.9 Å². The molecule has 1 aromatic heterocycles. The minimum atomic E-state index is -0.530. The standard InChI is InChI=1S/C24H28ClN7O3/c1-26-13-14-27-11-4-12-28-23(34)20-21(30-15-29-20)24(35)32-17-9-7-16(8-10-17)31-22(33)18-5-2-3-6-19(18)25/h2-3,5-10,15,26-27H,4,11-14H2,1H3,(H,28,34)(H,29,30)(H,31,33)(H,32,35). The Bertz CT molecular complexity index is 1150. The zero-order chi connectivity index (χ0) is 25.0. The van der Waals surface area contributed by atoms with Crippen LogP contribution in [0.5, 0.6) is 0 Å². The van der Waals surface area contributed by atoms with E-state index in [1.807, 2.05) is 7.05 Å². The van der Waals surface area contributed by atoms with Gasteiger partial charge in [-0.3, -0.25) is 14.4 Å². The molecule has 2 aromatic carbocycles. The summed E-state index contributed by atoms with van der Waals surface area (Å²) in [7, 11) is 1.89. The van der Waals surface area contributed by atoms with E-state index in [9.17, 15) is 14.4 Å². The number of carbonyl (C=O) groups excluding carboxylic acids is 3. The van der Waals surface area contributed by atoms with Gasteiger partial charge in [0, 0.05) is 31.0 Å². The first-order valence-electron chi connectivity index (χ1n) is 11.1. The Balaban J connectivity index is 1.51. The van der Waals surface area contributed by atoms with Crippen molar-refractivity contribution >= 4 is 40.7 Å². The Morgan fingerprint density at radius 2 is 1.54 bits per heavy atom. The van der Waals surface area contributed by atoms with Crippen LogP contribution in [0.2, 0.25) is 5.02 Å². The van der Waals surface area contributed by atoms with Crippen LogP contribution >= 0.6 is 11.6 Å². The molecule has 0 saturated heterocycles. The average Bonchev–Trinajstić information content (AvgIpc) is 3.35. The van der Waals surface area contributed by atoms with Crippen molar-refractivity contribution in [2.75, 3.05) is 43.9 Å². The maximum absolute atomic E-state index is 12.7. The molecule has 0 bridgehead atoms. The number of imidazole rings is 1.